The summed E-state index contributed by atoms with van der Waals surface area (Å²) in [5.74, 6) is 3.38. The number of thiol groups is 1. The van der Waals surface area contributed by atoms with Gasteiger partial charge in [-0.1, -0.05) is 0 Å². The smallest absolute Gasteiger partial charge is 0.243 e. The summed E-state index contributed by atoms with van der Waals surface area (Å²) in [6.07, 6.45) is 0. The van der Waals surface area contributed by atoms with E-state index in [1.807, 2.05) is 23.5 Å². The summed E-state index contributed by atoms with van der Waals surface area (Å²) in [6, 6.07) is -0.530. The first-order valence-corrected chi connectivity index (χ1v) is 8.32. The summed E-state index contributed by atoms with van der Waals surface area (Å²) in [7, 11) is 0. The predicted octanol–water partition coefficient (Wildman–Crippen LogP) is 0.386. The number of carbonyl (C=O) groups excluding carboxylic acids is 2. The highest BCUT2D eigenvalue weighted by atomic mass is 32.2. The van der Waals surface area contributed by atoms with Gasteiger partial charge in [-0.2, -0.15) is 36.2 Å². The Balaban J connectivity index is 2.28. The second-order valence-corrected chi connectivity index (χ2v) is 6.67. The van der Waals surface area contributed by atoms with Gasteiger partial charge >= 0.3 is 0 Å². The van der Waals surface area contributed by atoms with Crippen LogP contribution in [0, 0.1) is 0 Å². The summed E-state index contributed by atoms with van der Waals surface area (Å²) in [4.78, 5) is 22.7. The van der Waals surface area contributed by atoms with E-state index in [0.717, 1.165) is 11.5 Å². The number of rotatable bonds is 5. The van der Waals surface area contributed by atoms with Crippen molar-refractivity contribution in [3.05, 3.63) is 0 Å². The molecule has 1 rings (SSSR count). The molecule has 98 valence electrons. The molecule has 1 fully saturated rings. The van der Waals surface area contributed by atoms with Crippen LogP contribution in [0.2, 0.25) is 0 Å². The van der Waals surface area contributed by atoms with E-state index in [1.165, 1.54) is 12.7 Å². The van der Waals surface area contributed by atoms with Crippen LogP contribution in [0.5, 0.6) is 0 Å². The van der Waals surface area contributed by atoms with E-state index in [0.29, 0.717) is 17.5 Å². The van der Waals surface area contributed by atoms with E-state index in [4.69, 9.17) is 0 Å². The maximum atomic E-state index is 11.8. The highest BCUT2D eigenvalue weighted by Gasteiger charge is 2.20. The molecule has 1 aliphatic heterocycles. The molecule has 2 N–H and O–H groups in total. The van der Waals surface area contributed by atoms with E-state index >= 15 is 0 Å². The molecule has 0 aromatic heterocycles. The van der Waals surface area contributed by atoms with Crippen molar-refractivity contribution in [2.45, 2.75) is 18.2 Å². The average molecular weight is 294 g/mol. The highest BCUT2D eigenvalue weighted by Crippen LogP contribution is 2.23. The zero-order valence-electron chi connectivity index (χ0n) is 9.77. The number of hydrogen-bond acceptors (Lipinski definition) is 5. The normalized spacial score (nSPS) is 21.6. The third-order valence-electron chi connectivity index (χ3n) is 2.27. The average Bonchev–Trinajstić information content (AvgIpc) is 2.34. The van der Waals surface area contributed by atoms with Crippen LogP contribution in [0.25, 0.3) is 0 Å². The third-order valence-corrected chi connectivity index (χ3v) is 5.48. The van der Waals surface area contributed by atoms with E-state index < -0.39 is 6.04 Å². The Hall–Kier alpha value is -0.0100. The van der Waals surface area contributed by atoms with Gasteiger partial charge in [-0.05, 0) is 0 Å². The summed E-state index contributed by atoms with van der Waals surface area (Å²) >= 11 is 7.88. The van der Waals surface area contributed by atoms with E-state index in [-0.39, 0.29) is 11.8 Å². The summed E-state index contributed by atoms with van der Waals surface area (Å²) in [5.41, 5.74) is 0. The molecule has 17 heavy (non-hydrogen) atoms. The summed E-state index contributed by atoms with van der Waals surface area (Å²) < 4.78 is 0. The van der Waals surface area contributed by atoms with Crippen LogP contribution in [0.3, 0.4) is 0 Å². The molecule has 0 spiro atoms. The van der Waals surface area contributed by atoms with Gasteiger partial charge in [0.2, 0.25) is 11.8 Å². The molecule has 1 saturated heterocycles. The Kier molecular flexibility index (Phi) is 7.22. The second kappa shape index (κ2) is 8.16. The molecule has 1 aliphatic rings. The van der Waals surface area contributed by atoms with Crippen molar-refractivity contribution in [3.8, 4) is 0 Å². The molecule has 0 radical (unpaired) electrons. The van der Waals surface area contributed by atoms with Crippen LogP contribution in [0.15, 0.2) is 0 Å². The first-order chi connectivity index (χ1) is 8.13. The van der Waals surface area contributed by atoms with Crippen molar-refractivity contribution < 1.29 is 9.59 Å². The first kappa shape index (κ1) is 15.0. The van der Waals surface area contributed by atoms with Crippen LogP contribution in [-0.4, -0.2) is 52.7 Å². The fourth-order valence-electron chi connectivity index (χ4n) is 1.43. The molecule has 4 nitrogen and oxygen atoms in total. The van der Waals surface area contributed by atoms with Crippen molar-refractivity contribution in [1.82, 2.24) is 10.6 Å². The van der Waals surface area contributed by atoms with Gasteiger partial charge < -0.3 is 10.6 Å². The molecule has 1 heterocycles. The molecular weight excluding hydrogens is 276 g/mol. The lowest BCUT2D eigenvalue weighted by Gasteiger charge is -2.22. The predicted molar refractivity (Wildman–Crippen MR) is 78.0 cm³/mol. The van der Waals surface area contributed by atoms with Gasteiger partial charge in [-0.25, -0.2) is 0 Å². The lowest BCUT2D eigenvalue weighted by Crippen LogP contribution is -2.48. The first-order valence-electron chi connectivity index (χ1n) is 5.48. The fourth-order valence-corrected chi connectivity index (χ4v) is 4.30. The maximum Gasteiger partial charge on any atom is 0.243 e. The molecule has 0 bridgehead atoms. The Bertz CT molecular complexity index is 270. The Morgan fingerprint density at radius 1 is 1.47 bits per heavy atom. The second-order valence-electron chi connectivity index (χ2n) is 3.75. The van der Waals surface area contributed by atoms with E-state index in [1.54, 1.807) is 0 Å². The SMILES string of the molecule is CC(=O)NC(CS)C(=O)NCC1CSCCS1. The lowest BCUT2D eigenvalue weighted by atomic mass is 10.3. The topological polar surface area (TPSA) is 58.2 Å². The van der Waals surface area contributed by atoms with Crippen LogP contribution >= 0.6 is 36.2 Å². The zero-order valence-corrected chi connectivity index (χ0v) is 12.3. The van der Waals surface area contributed by atoms with Gasteiger partial charge in [0.15, 0.2) is 0 Å². The molecule has 7 heteroatoms. The van der Waals surface area contributed by atoms with Crippen molar-refractivity contribution in [3.63, 3.8) is 0 Å². The van der Waals surface area contributed by atoms with Gasteiger partial charge in [-0.15, -0.1) is 0 Å². The highest BCUT2D eigenvalue weighted by molar-refractivity contribution is 8.06. The van der Waals surface area contributed by atoms with Crippen LogP contribution < -0.4 is 10.6 Å². The molecule has 0 aromatic carbocycles. The molecular formula is C10H18N2O2S3. The quantitative estimate of drug-likeness (QED) is 0.642. The van der Waals surface area contributed by atoms with E-state index in [2.05, 4.69) is 23.3 Å². The number of thioether (sulfide) groups is 2. The lowest BCUT2D eigenvalue weighted by molar-refractivity contribution is -0.127. The van der Waals surface area contributed by atoms with Gasteiger partial charge in [0, 0.05) is 41.7 Å². The largest absolute Gasteiger partial charge is 0.353 e. The number of nitrogens with one attached hydrogen (secondary N) is 2. The van der Waals surface area contributed by atoms with E-state index in [9.17, 15) is 9.59 Å². The van der Waals surface area contributed by atoms with Crippen molar-refractivity contribution in [1.29, 1.82) is 0 Å². The number of amides is 2. The van der Waals surface area contributed by atoms with Crippen molar-refractivity contribution in [2.75, 3.05) is 29.6 Å². The minimum Gasteiger partial charge on any atom is -0.353 e. The van der Waals surface area contributed by atoms with Gasteiger partial charge in [-0.3, -0.25) is 9.59 Å². The van der Waals surface area contributed by atoms with Crippen molar-refractivity contribution in [2.24, 2.45) is 0 Å². The minimum absolute atomic E-state index is 0.147. The molecule has 2 atom stereocenters. The molecule has 0 saturated carbocycles. The molecule has 0 aliphatic carbocycles. The van der Waals surface area contributed by atoms with Crippen LogP contribution in [-0.2, 0) is 9.59 Å². The zero-order chi connectivity index (χ0) is 12.7. The van der Waals surface area contributed by atoms with Crippen LogP contribution in [0.1, 0.15) is 6.92 Å². The van der Waals surface area contributed by atoms with Gasteiger partial charge in [0.25, 0.3) is 0 Å². The van der Waals surface area contributed by atoms with Crippen molar-refractivity contribution >= 4 is 48.0 Å². The minimum atomic E-state index is -0.530. The van der Waals surface area contributed by atoms with Gasteiger partial charge in [0.1, 0.15) is 6.04 Å². The van der Waals surface area contributed by atoms with Crippen LogP contribution in [0.4, 0.5) is 0 Å². The number of carbonyl (C=O) groups is 2. The molecule has 0 aromatic rings. The Morgan fingerprint density at radius 2 is 2.24 bits per heavy atom. The maximum absolute atomic E-state index is 11.8. The Labute approximate surface area is 116 Å². The fraction of sp³-hybridized carbons (Fsp3) is 0.800. The van der Waals surface area contributed by atoms with Gasteiger partial charge in [0.05, 0.1) is 0 Å². The third kappa shape index (κ3) is 5.92. The standard InChI is InChI=1S/C10H18N2O2S3/c1-7(13)12-9(5-15)10(14)11-4-8-6-16-2-3-17-8/h8-9,15H,2-6H2,1H3,(H,11,14)(H,12,13). The summed E-state index contributed by atoms with van der Waals surface area (Å²) in [6.45, 7) is 2.07. The molecule has 2 amide bonds. The Morgan fingerprint density at radius 3 is 2.76 bits per heavy atom. The molecule has 2 unspecified atom stereocenters. The summed E-state index contributed by atoms with van der Waals surface area (Å²) in [5, 5.41) is 5.93. The number of hydrogen-bond donors (Lipinski definition) is 3. The monoisotopic (exact) mass is 294 g/mol.